The van der Waals surface area contributed by atoms with E-state index in [0.29, 0.717) is 42.1 Å². The van der Waals surface area contributed by atoms with E-state index < -0.39 is 0 Å². The number of ether oxygens (including phenoxy) is 3. The van der Waals surface area contributed by atoms with Crippen LogP contribution in [0.3, 0.4) is 0 Å². The molecule has 4 heteroatoms. The summed E-state index contributed by atoms with van der Waals surface area (Å²) in [5.74, 6) is 5.12. The van der Waals surface area contributed by atoms with E-state index in [-0.39, 0.29) is 17.6 Å². The van der Waals surface area contributed by atoms with Crippen molar-refractivity contribution in [2.75, 3.05) is 34.0 Å². The summed E-state index contributed by atoms with van der Waals surface area (Å²) in [6.07, 6.45) is 11.7. The third-order valence-electron chi connectivity index (χ3n) is 10.3. The summed E-state index contributed by atoms with van der Waals surface area (Å²) < 4.78 is 18.3. The molecule has 1 N–H and O–H groups in total. The Hall–Kier alpha value is -0.420. The number of aliphatic hydroxyl groups excluding tert-OH is 1. The van der Waals surface area contributed by atoms with Gasteiger partial charge in [0.05, 0.1) is 25.4 Å². The second-order valence-corrected chi connectivity index (χ2v) is 11.8. The lowest BCUT2D eigenvalue weighted by molar-refractivity contribution is -0.215. The number of hydrogen-bond acceptors (Lipinski definition) is 4. The molecule has 0 amide bonds. The van der Waals surface area contributed by atoms with Gasteiger partial charge in [0.25, 0.3) is 0 Å². The van der Waals surface area contributed by atoms with Crippen molar-refractivity contribution in [3.63, 3.8) is 0 Å². The first-order valence-electron chi connectivity index (χ1n) is 13.0. The van der Waals surface area contributed by atoms with Crippen LogP contribution in [0, 0.1) is 52.8 Å². The summed E-state index contributed by atoms with van der Waals surface area (Å²) in [7, 11) is 3.71. The molecular formula is C27H44O4. The maximum atomic E-state index is 10.4. The van der Waals surface area contributed by atoms with Crippen molar-refractivity contribution in [1.29, 1.82) is 0 Å². The second-order valence-electron chi connectivity index (χ2n) is 11.8. The second kappa shape index (κ2) is 8.74. The maximum Gasteiger partial charge on any atom is 0.0886 e. The van der Waals surface area contributed by atoms with Gasteiger partial charge in [-0.1, -0.05) is 25.5 Å². The summed E-state index contributed by atoms with van der Waals surface area (Å²) in [5, 5.41) is 10.4. The van der Waals surface area contributed by atoms with Gasteiger partial charge in [-0.2, -0.15) is 0 Å². The minimum Gasteiger partial charge on any atom is -0.396 e. The highest BCUT2D eigenvalue weighted by molar-refractivity contribution is 5.30. The Kier molecular flexibility index (Phi) is 6.31. The molecule has 4 aliphatic carbocycles. The Labute approximate surface area is 189 Å². The molecule has 176 valence electrons. The summed E-state index contributed by atoms with van der Waals surface area (Å²) in [4.78, 5) is 0. The smallest absolute Gasteiger partial charge is 0.0886 e. The van der Waals surface area contributed by atoms with E-state index in [0.717, 1.165) is 37.9 Å². The molecule has 0 aromatic heterocycles. The van der Waals surface area contributed by atoms with Gasteiger partial charge in [-0.3, -0.25) is 0 Å². The summed E-state index contributed by atoms with van der Waals surface area (Å²) in [5.41, 5.74) is 1.86. The van der Waals surface area contributed by atoms with Gasteiger partial charge >= 0.3 is 0 Å². The van der Waals surface area contributed by atoms with Gasteiger partial charge in [-0.15, -0.1) is 0 Å². The Morgan fingerprint density at radius 1 is 1.10 bits per heavy atom. The molecule has 4 nitrogen and oxygen atoms in total. The minimum absolute atomic E-state index is 0.149. The van der Waals surface area contributed by atoms with Crippen LogP contribution in [0.15, 0.2) is 11.6 Å². The van der Waals surface area contributed by atoms with Crippen LogP contribution in [0.25, 0.3) is 0 Å². The Morgan fingerprint density at radius 3 is 2.65 bits per heavy atom. The number of hydrogen-bond donors (Lipinski definition) is 1. The van der Waals surface area contributed by atoms with Crippen LogP contribution >= 0.6 is 0 Å². The number of allylic oxidation sites excluding steroid dienone is 1. The van der Waals surface area contributed by atoms with E-state index in [1.807, 2.05) is 14.2 Å². The summed E-state index contributed by atoms with van der Waals surface area (Å²) >= 11 is 0. The van der Waals surface area contributed by atoms with E-state index >= 15 is 0 Å². The average molecular weight is 433 g/mol. The van der Waals surface area contributed by atoms with Gasteiger partial charge in [-0.25, -0.2) is 0 Å². The van der Waals surface area contributed by atoms with E-state index in [1.54, 1.807) is 5.57 Å². The first-order chi connectivity index (χ1) is 15.0. The zero-order chi connectivity index (χ0) is 21.8. The predicted octanol–water partition coefficient (Wildman–Crippen LogP) is 4.71. The zero-order valence-corrected chi connectivity index (χ0v) is 20.1. The summed E-state index contributed by atoms with van der Waals surface area (Å²) in [6, 6.07) is 0. The Balaban J connectivity index is 1.46. The van der Waals surface area contributed by atoms with Crippen LogP contribution in [-0.2, 0) is 14.2 Å². The highest BCUT2D eigenvalue weighted by Crippen LogP contribution is 2.64. The van der Waals surface area contributed by atoms with Crippen molar-refractivity contribution in [2.45, 2.75) is 71.0 Å². The van der Waals surface area contributed by atoms with Crippen LogP contribution in [0.1, 0.15) is 58.8 Å². The lowest BCUT2D eigenvalue weighted by Crippen LogP contribution is -2.63. The monoisotopic (exact) mass is 432 g/mol. The minimum atomic E-state index is 0.149. The number of fused-ring (bicyclic) bond motifs is 3. The normalized spacial score (nSPS) is 49.1. The number of rotatable bonds is 5. The van der Waals surface area contributed by atoms with Crippen LogP contribution in [0.4, 0.5) is 0 Å². The van der Waals surface area contributed by atoms with Crippen molar-refractivity contribution >= 4 is 0 Å². The molecule has 0 radical (unpaired) electrons. The fraction of sp³-hybridized carbons (Fsp3) is 0.926. The fourth-order valence-electron chi connectivity index (χ4n) is 9.22. The van der Waals surface area contributed by atoms with Gasteiger partial charge in [0.15, 0.2) is 0 Å². The molecule has 0 aromatic rings. The lowest BCUT2D eigenvalue weighted by atomic mass is 9.45. The maximum absolute atomic E-state index is 10.4. The fourth-order valence-corrected chi connectivity index (χ4v) is 9.22. The Morgan fingerprint density at radius 2 is 1.94 bits per heavy atom. The van der Waals surface area contributed by atoms with Gasteiger partial charge in [-0.05, 0) is 86.4 Å². The molecule has 1 heterocycles. The molecule has 5 rings (SSSR count). The molecule has 4 fully saturated rings. The molecule has 0 spiro atoms. The molecule has 0 aromatic carbocycles. The molecule has 1 saturated heterocycles. The highest BCUT2D eigenvalue weighted by atomic mass is 16.5. The van der Waals surface area contributed by atoms with Crippen LogP contribution in [0.2, 0.25) is 0 Å². The largest absolute Gasteiger partial charge is 0.396 e. The quantitative estimate of drug-likeness (QED) is 0.640. The van der Waals surface area contributed by atoms with E-state index in [9.17, 15) is 5.11 Å². The highest BCUT2D eigenvalue weighted by Gasteiger charge is 2.62. The zero-order valence-electron chi connectivity index (χ0n) is 20.1. The number of aliphatic hydroxyl groups is 1. The van der Waals surface area contributed by atoms with E-state index in [1.165, 1.54) is 32.1 Å². The molecule has 1 aliphatic heterocycles. The van der Waals surface area contributed by atoms with Crippen LogP contribution in [0.5, 0.6) is 0 Å². The van der Waals surface area contributed by atoms with Crippen LogP contribution in [-0.4, -0.2) is 51.4 Å². The Bertz CT molecular complexity index is 674. The molecular weight excluding hydrogens is 388 g/mol. The SMILES string of the molecule is CO[C@@H]1C2COC[C@@]3(C[C@H]1OC)C1=CCC4C(CO)C(CC(C)C)CCC4C1CCC23. The van der Waals surface area contributed by atoms with Gasteiger partial charge in [0.2, 0.25) is 0 Å². The van der Waals surface area contributed by atoms with Gasteiger partial charge in [0.1, 0.15) is 0 Å². The van der Waals surface area contributed by atoms with E-state index in [4.69, 9.17) is 14.2 Å². The molecule has 2 bridgehead atoms. The summed E-state index contributed by atoms with van der Waals surface area (Å²) in [6.45, 7) is 6.72. The molecule has 31 heavy (non-hydrogen) atoms. The first-order valence-corrected chi connectivity index (χ1v) is 13.0. The average Bonchev–Trinajstić information content (AvgIpc) is 2.77. The standard InChI is InChI=1S/C27H44O4/c1-16(2)11-17-5-6-18-19(21(17)13-28)7-9-23-20(18)8-10-24-22-14-31-15-27(23,24)12-25(29-3)26(22)30-4/h9,16-22,24-26,28H,5-8,10-15H2,1-4H3/t17?,18?,19?,20?,21?,22?,24?,25-,26-,27+/m1/s1. The topological polar surface area (TPSA) is 47.9 Å². The third kappa shape index (κ3) is 3.47. The molecule has 5 aliphatic rings. The van der Waals surface area contributed by atoms with Gasteiger partial charge in [0, 0.05) is 32.2 Å². The van der Waals surface area contributed by atoms with Crippen molar-refractivity contribution in [1.82, 2.24) is 0 Å². The third-order valence-corrected chi connectivity index (χ3v) is 10.3. The van der Waals surface area contributed by atoms with Crippen molar-refractivity contribution in [3.8, 4) is 0 Å². The lowest BCUT2D eigenvalue weighted by Gasteiger charge is -2.63. The predicted molar refractivity (Wildman–Crippen MR) is 122 cm³/mol. The number of methoxy groups -OCH3 is 2. The first kappa shape index (κ1) is 22.4. The van der Waals surface area contributed by atoms with Crippen molar-refractivity contribution in [2.24, 2.45) is 52.8 Å². The molecule has 10 atom stereocenters. The van der Waals surface area contributed by atoms with Crippen molar-refractivity contribution < 1.29 is 19.3 Å². The van der Waals surface area contributed by atoms with E-state index in [2.05, 4.69) is 19.9 Å². The van der Waals surface area contributed by atoms with Gasteiger partial charge < -0.3 is 19.3 Å². The molecule has 3 saturated carbocycles. The van der Waals surface area contributed by atoms with Crippen molar-refractivity contribution in [3.05, 3.63) is 11.6 Å². The van der Waals surface area contributed by atoms with Crippen LogP contribution < -0.4 is 0 Å². The molecule has 7 unspecified atom stereocenters.